The van der Waals surface area contributed by atoms with E-state index in [1.165, 1.54) is 0 Å². The van der Waals surface area contributed by atoms with Crippen LogP contribution in [0, 0.1) is 12.3 Å². The predicted molar refractivity (Wildman–Crippen MR) is 90.7 cm³/mol. The molecule has 3 unspecified atom stereocenters. The van der Waals surface area contributed by atoms with Gasteiger partial charge in [0.05, 0.1) is 6.04 Å². The molecule has 0 spiro atoms. The van der Waals surface area contributed by atoms with Gasteiger partial charge in [-0.3, -0.25) is 0 Å². The molecular weight excluding hydrogens is 276 g/mol. The quantitative estimate of drug-likeness (QED) is 0.763. The summed E-state index contributed by atoms with van der Waals surface area (Å²) in [6.45, 7) is 10.8. The second-order valence-corrected chi connectivity index (χ2v) is 7.28. The van der Waals surface area contributed by atoms with Crippen molar-refractivity contribution >= 4 is 6.09 Å². The molecule has 1 heterocycles. The normalized spacial score (nSPS) is 21.3. The Kier molecular flexibility index (Phi) is 7.22. The molecule has 22 heavy (non-hydrogen) atoms. The zero-order valence-corrected chi connectivity index (χ0v) is 14.8. The van der Waals surface area contributed by atoms with Crippen molar-refractivity contribution < 1.29 is 9.53 Å². The van der Waals surface area contributed by atoms with Gasteiger partial charge < -0.3 is 15.0 Å². The molecule has 1 fully saturated rings. The number of hydrogen-bond acceptors (Lipinski definition) is 3. The number of nitrogens with one attached hydrogen (secondary N) is 1. The average molecular weight is 308 g/mol. The first-order valence-electron chi connectivity index (χ1n) is 8.48. The summed E-state index contributed by atoms with van der Waals surface area (Å²) in [4.78, 5) is 14.2. The zero-order chi connectivity index (χ0) is 16.8. The van der Waals surface area contributed by atoms with Crippen LogP contribution in [0.15, 0.2) is 0 Å². The van der Waals surface area contributed by atoms with Crippen molar-refractivity contribution in [2.24, 2.45) is 0 Å². The van der Waals surface area contributed by atoms with Crippen LogP contribution in [-0.2, 0) is 4.74 Å². The summed E-state index contributed by atoms with van der Waals surface area (Å²) in [5, 5.41) is 3.49. The minimum atomic E-state index is -0.441. The Labute approximate surface area is 136 Å². The smallest absolute Gasteiger partial charge is 0.410 e. The molecule has 1 N–H and O–H groups in total. The number of rotatable bonds is 6. The standard InChI is InChI=1S/C18H32N2O2/c1-7-10-15(8-2)19-14(3)13-16-11-9-12-20(16)17(21)22-18(4,5)6/h2,14-16,19H,7,9-13H2,1,3-6H3. The second kappa shape index (κ2) is 8.43. The van der Waals surface area contributed by atoms with Crippen molar-refractivity contribution in [2.75, 3.05) is 6.54 Å². The summed E-state index contributed by atoms with van der Waals surface area (Å²) in [6, 6.07) is 0.661. The van der Waals surface area contributed by atoms with E-state index in [0.29, 0.717) is 6.04 Å². The highest BCUT2D eigenvalue weighted by molar-refractivity contribution is 5.68. The van der Waals surface area contributed by atoms with Gasteiger partial charge in [-0.1, -0.05) is 19.3 Å². The number of carbonyl (C=O) groups excluding carboxylic acids is 1. The molecule has 3 atom stereocenters. The molecule has 0 bridgehead atoms. The van der Waals surface area contributed by atoms with Gasteiger partial charge in [0, 0.05) is 18.6 Å². The molecule has 126 valence electrons. The fraction of sp³-hybridized carbons (Fsp3) is 0.833. The number of hydrogen-bond donors (Lipinski definition) is 1. The monoisotopic (exact) mass is 308 g/mol. The highest BCUT2D eigenvalue weighted by atomic mass is 16.6. The minimum Gasteiger partial charge on any atom is -0.444 e. The Bertz CT molecular complexity index is 395. The van der Waals surface area contributed by atoms with Crippen LogP contribution in [0.25, 0.3) is 0 Å². The van der Waals surface area contributed by atoms with E-state index in [-0.39, 0.29) is 18.2 Å². The summed E-state index contributed by atoms with van der Waals surface area (Å²) < 4.78 is 5.51. The molecular formula is C18H32N2O2. The molecule has 1 saturated heterocycles. The number of nitrogens with zero attached hydrogens (tertiary/aromatic N) is 1. The lowest BCUT2D eigenvalue weighted by Gasteiger charge is -2.30. The third-order valence-electron chi connectivity index (χ3n) is 3.90. The van der Waals surface area contributed by atoms with Gasteiger partial charge in [-0.2, -0.15) is 0 Å². The first-order valence-corrected chi connectivity index (χ1v) is 8.48. The summed E-state index contributed by atoms with van der Waals surface area (Å²) in [5.74, 6) is 2.81. The number of amides is 1. The predicted octanol–water partition coefficient (Wildman–Crippen LogP) is 3.56. The van der Waals surface area contributed by atoms with Crippen LogP contribution in [0.1, 0.15) is 66.7 Å². The Hall–Kier alpha value is -1.21. The van der Waals surface area contributed by atoms with Gasteiger partial charge >= 0.3 is 6.09 Å². The van der Waals surface area contributed by atoms with E-state index in [1.807, 2.05) is 25.7 Å². The molecule has 1 aliphatic rings. The van der Waals surface area contributed by atoms with Gasteiger partial charge in [0.25, 0.3) is 0 Å². The lowest BCUT2D eigenvalue weighted by Crippen LogP contribution is -2.44. The Morgan fingerprint density at radius 2 is 2.18 bits per heavy atom. The molecule has 0 aromatic rings. The maximum atomic E-state index is 12.3. The highest BCUT2D eigenvalue weighted by Gasteiger charge is 2.33. The third kappa shape index (κ3) is 6.27. The molecule has 0 radical (unpaired) electrons. The number of terminal acetylenes is 1. The third-order valence-corrected chi connectivity index (χ3v) is 3.90. The summed E-state index contributed by atoms with van der Waals surface area (Å²) in [5.41, 5.74) is -0.441. The van der Waals surface area contributed by atoms with Crippen molar-refractivity contribution in [1.82, 2.24) is 10.2 Å². The van der Waals surface area contributed by atoms with E-state index in [4.69, 9.17) is 11.2 Å². The maximum Gasteiger partial charge on any atom is 0.410 e. The van der Waals surface area contributed by atoms with Crippen LogP contribution < -0.4 is 5.32 Å². The van der Waals surface area contributed by atoms with E-state index in [0.717, 1.165) is 38.6 Å². The SMILES string of the molecule is C#CC(CCC)NC(C)CC1CCCN1C(=O)OC(C)(C)C. The average Bonchev–Trinajstić information content (AvgIpc) is 2.84. The molecule has 1 amide bonds. The largest absolute Gasteiger partial charge is 0.444 e. The zero-order valence-electron chi connectivity index (χ0n) is 14.8. The fourth-order valence-corrected chi connectivity index (χ4v) is 2.96. The van der Waals surface area contributed by atoms with Gasteiger partial charge in [0.1, 0.15) is 5.60 Å². The van der Waals surface area contributed by atoms with Crippen LogP contribution >= 0.6 is 0 Å². The Balaban J connectivity index is 2.53. The van der Waals surface area contributed by atoms with Crippen molar-refractivity contribution in [2.45, 2.75) is 90.4 Å². The van der Waals surface area contributed by atoms with Crippen molar-refractivity contribution in [3.8, 4) is 12.3 Å². The second-order valence-electron chi connectivity index (χ2n) is 7.28. The van der Waals surface area contributed by atoms with E-state index in [1.54, 1.807) is 0 Å². The minimum absolute atomic E-state index is 0.122. The van der Waals surface area contributed by atoms with Crippen molar-refractivity contribution in [1.29, 1.82) is 0 Å². The molecule has 0 saturated carbocycles. The van der Waals surface area contributed by atoms with Gasteiger partial charge in [-0.15, -0.1) is 6.42 Å². The van der Waals surface area contributed by atoms with Crippen LogP contribution in [-0.4, -0.2) is 41.3 Å². The highest BCUT2D eigenvalue weighted by Crippen LogP contribution is 2.24. The first kappa shape index (κ1) is 18.8. The van der Waals surface area contributed by atoms with Gasteiger partial charge in [-0.25, -0.2) is 4.79 Å². The lowest BCUT2D eigenvalue weighted by atomic mass is 10.0. The summed E-state index contributed by atoms with van der Waals surface area (Å²) >= 11 is 0. The molecule has 4 nitrogen and oxygen atoms in total. The molecule has 1 rings (SSSR count). The molecule has 0 aromatic heterocycles. The summed E-state index contributed by atoms with van der Waals surface area (Å²) in [7, 11) is 0. The first-order chi connectivity index (χ1) is 10.3. The van der Waals surface area contributed by atoms with E-state index in [2.05, 4.69) is 25.1 Å². The van der Waals surface area contributed by atoms with E-state index >= 15 is 0 Å². The number of ether oxygens (including phenoxy) is 1. The van der Waals surface area contributed by atoms with Gasteiger partial charge in [0.15, 0.2) is 0 Å². The van der Waals surface area contributed by atoms with E-state index in [9.17, 15) is 4.79 Å². The van der Waals surface area contributed by atoms with Crippen molar-refractivity contribution in [3.05, 3.63) is 0 Å². The van der Waals surface area contributed by atoms with Crippen LogP contribution in [0.5, 0.6) is 0 Å². The Morgan fingerprint density at radius 3 is 2.73 bits per heavy atom. The van der Waals surface area contributed by atoms with Crippen LogP contribution in [0.4, 0.5) is 4.79 Å². The Morgan fingerprint density at radius 1 is 1.50 bits per heavy atom. The lowest BCUT2D eigenvalue weighted by molar-refractivity contribution is 0.0214. The number of carbonyl (C=O) groups is 1. The van der Waals surface area contributed by atoms with E-state index < -0.39 is 5.60 Å². The molecule has 0 aliphatic carbocycles. The molecule has 1 aliphatic heterocycles. The van der Waals surface area contributed by atoms with Crippen LogP contribution in [0.3, 0.4) is 0 Å². The van der Waals surface area contributed by atoms with Crippen LogP contribution in [0.2, 0.25) is 0 Å². The van der Waals surface area contributed by atoms with Gasteiger partial charge in [0.2, 0.25) is 0 Å². The topological polar surface area (TPSA) is 41.6 Å². The van der Waals surface area contributed by atoms with Gasteiger partial charge in [-0.05, 0) is 53.4 Å². The molecule has 0 aromatic carbocycles. The fourth-order valence-electron chi connectivity index (χ4n) is 2.96. The number of likely N-dealkylation sites (tertiary alicyclic amines) is 1. The maximum absolute atomic E-state index is 12.3. The molecule has 4 heteroatoms. The summed E-state index contributed by atoms with van der Waals surface area (Å²) in [6.07, 6.45) is 10.4. The van der Waals surface area contributed by atoms with Crippen molar-refractivity contribution in [3.63, 3.8) is 0 Å².